The zero-order chi connectivity index (χ0) is 10.1. The summed E-state index contributed by atoms with van der Waals surface area (Å²) in [4.78, 5) is 14.6. The molecule has 2 aromatic heterocycles. The predicted octanol–water partition coefficient (Wildman–Crippen LogP) is 2.41. The van der Waals surface area contributed by atoms with E-state index in [1.807, 2.05) is 6.92 Å². The van der Waals surface area contributed by atoms with Crippen molar-refractivity contribution in [2.75, 3.05) is 0 Å². The van der Waals surface area contributed by atoms with Crippen molar-refractivity contribution in [3.63, 3.8) is 0 Å². The summed E-state index contributed by atoms with van der Waals surface area (Å²) in [6.45, 7) is 1.82. The molecular formula is C9H7NO3S. The van der Waals surface area contributed by atoms with Crippen LogP contribution in [-0.4, -0.2) is 16.1 Å². The molecule has 0 atom stereocenters. The van der Waals surface area contributed by atoms with Gasteiger partial charge in [0.2, 0.25) is 0 Å². The van der Waals surface area contributed by atoms with Gasteiger partial charge in [0.15, 0.2) is 5.69 Å². The largest absolute Gasteiger partial charge is 0.476 e. The average molecular weight is 209 g/mol. The summed E-state index contributed by atoms with van der Waals surface area (Å²) in [5, 5.41) is 10.9. The van der Waals surface area contributed by atoms with Crippen LogP contribution < -0.4 is 0 Å². The maximum absolute atomic E-state index is 10.6. The van der Waals surface area contributed by atoms with E-state index in [1.165, 1.54) is 16.7 Å². The Morgan fingerprint density at radius 3 is 2.93 bits per heavy atom. The quantitative estimate of drug-likeness (QED) is 0.824. The summed E-state index contributed by atoms with van der Waals surface area (Å²) in [5.41, 5.74) is 0.924. The topological polar surface area (TPSA) is 63.3 Å². The van der Waals surface area contributed by atoms with E-state index >= 15 is 0 Å². The third kappa shape index (κ3) is 1.42. The van der Waals surface area contributed by atoms with Gasteiger partial charge in [-0.1, -0.05) is 0 Å². The van der Waals surface area contributed by atoms with Crippen molar-refractivity contribution in [2.24, 2.45) is 0 Å². The molecule has 0 aliphatic rings. The van der Waals surface area contributed by atoms with Crippen LogP contribution in [0.2, 0.25) is 0 Å². The highest BCUT2D eigenvalue weighted by atomic mass is 32.1. The smallest absolute Gasteiger partial charge is 0.355 e. The molecule has 1 N–H and O–H groups in total. The fourth-order valence-electron chi connectivity index (χ4n) is 1.10. The zero-order valence-electron chi connectivity index (χ0n) is 7.35. The van der Waals surface area contributed by atoms with E-state index in [9.17, 15) is 4.79 Å². The van der Waals surface area contributed by atoms with Crippen molar-refractivity contribution in [3.8, 4) is 10.6 Å². The summed E-state index contributed by atoms with van der Waals surface area (Å²) in [6.07, 6.45) is 1.56. The van der Waals surface area contributed by atoms with Gasteiger partial charge in [0.25, 0.3) is 0 Å². The molecule has 2 rings (SSSR count). The highest BCUT2D eigenvalue weighted by Gasteiger charge is 2.12. The van der Waals surface area contributed by atoms with Crippen molar-refractivity contribution in [2.45, 2.75) is 6.92 Å². The first-order chi connectivity index (χ1) is 6.68. The Balaban J connectivity index is 2.43. The van der Waals surface area contributed by atoms with Crippen molar-refractivity contribution < 1.29 is 14.3 Å². The van der Waals surface area contributed by atoms with Gasteiger partial charge in [0.1, 0.15) is 10.8 Å². The van der Waals surface area contributed by atoms with Crippen LogP contribution in [0.3, 0.4) is 0 Å². The molecule has 0 radical (unpaired) electrons. The van der Waals surface area contributed by atoms with Gasteiger partial charge in [-0.3, -0.25) is 0 Å². The molecular weight excluding hydrogens is 202 g/mol. The lowest BCUT2D eigenvalue weighted by Gasteiger charge is -1.90. The second-order valence-corrected chi connectivity index (χ2v) is 3.59. The van der Waals surface area contributed by atoms with Crippen LogP contribution in [0.15, 0.2) is 22.1 Å². The number of carboxylic acids is 1. The molecule has 0 aromatic carbocycles. The molecule has 0 spiro atoms. The number of hydrogen-bond acceptors (Lipinski definition) is 4. The summed E-state index contributed by atoms with van der Waals surface area (Å²) in [6, 6.07) is 1.78. The molecule has 0 bridgehead atoms. The Labute approximate surface area is 83.8 Å². The summed E-state index contributed by atoms with van der Waals surface area (Å²) < 4.78 is 5.11. The van der Waals surface area contributed by atoms with Gasteiger partial charge in [0, 0.05) is 5.38 Å². The monoisotopic (exact) mass is 209 g/mol. The number of aromatic nitrogens is 1. The highest BCUT2D eigenvalue weighted by molar-refractivity contribution is 7.13. The number of aromatic carboxylic acids is 1. The molecule has 4 nitrogen and oxygen atoms in total. The van der Waals surface area contributed by atoms with Gasteiger partial charge < -0.3 is 9.52 Å². The third-order valence-corrected chi connectivity index (χ3v) is 2.69. The number of thiazole rings is 1. The molecule has 5 heteroatoms. The molecule has 0 fully saturated rings. The average Bonchev–Trinajstić information content (AvgIpc) is 2.71. The number of rotatable bonds is 2. The Kier molecular flexibility index (Phi) is 2.09. The van der Waals surface area contributed by atoms with Crippen LogP contribution in [0, 0.1) is 6.92 Å². The van der Waals surface area contributed by atoms with Gasteiger partial charge in [-0.15, -0.1) is 11.3 Å². The van der Waals surface area contributed by atoms with E-state index < -0.39 is 5.97 Å². The number of furan rings is 1. The van der Waals surface area contributed by atoms with E-state index in [1.54, 1.807) is 12.3 Å². The molecule has 72 valence electrons. The number of carboxylic acid groups (broad SMARTS) is 1. The first-order valence-corrected chi connectivity index (χ1v) is 4.79. The molecule has 2 heterocycles. The van der Waals surface area contributed by atoms with E-state index in [0.29, 0.717) is 5.01 Å². The SMILES string of the molecule is Cc1occc1-c1nc(C(=O)O)cs1. The van der Waals surface area contributed by atoms with Gasteiger partial charge in [-0.05, 0) is 13.0 Å². The first kappa shape index (κ1) is 8.96. The van der Waals surface area contributed by atoms with Crippen LogP contribution in [0.1, 0.15) is 16.2 Å². The molecule has 0 saturated heterocycles. The second kappa shape index (κ2) is 3.26. The van der Waals surface area contributed by atoms with Gasteiger partial charge >= 0.3 is 5.97 Å². The van der Waals surface area contributed by atoms with Crippen LogP contribution in [0.25, 0.3) is 10.6 Å². The normalized spacial score (nSPS) is 10.4. The van der Waals surface area contributed by atoms with Crippen molar-refractivity contribution >= 4 is 17.3 Å². The Morgan fingerprint density at radius 1 is 1.64 bits per heavy atom. The molecule has 0 aliphatic carbocycles. The van der Waals surface area contributed by atoms with Crippen LogP contribution in [0.5, 0.6) is 0 Å². The predicted molar refractivity (Wildman–Crippen MR) is 51.5 cm³/mol. The Hall–Kier alpha value is -1.62. The number of carbonyl (C=O) groups is 1. The van der Waals surface area contributed by atoms with Crippen LogP contribution in [-0.2, 0) is 0 Å². The van der Waals surface area contributed by atoms with E-state index in [0.717, 1.165) is 11.3 Å². The lowest BCUT2D eigenvalue weighted by atomic mass is 10.3. The lowest BCUT2D eigenvalue weighted by molar-refractivity contribution is 0.0691. The Morgan fingerprint density at radius 2 is 2.43 bits per heavy atom. The highest BCUT2D eigenvalue weighted by Crippen LogP contribution is 2.27. The van der Waals surface area contributed by atoms with E-state index in [-0.39, 0.29) is 5.69 Å². The van der Waals surface area contributed by atoms with E-state index in [4.69, 9.17) is 9.52 Å². The summed E-state index contributed by atoms with van der Waals surface area (Å²) in [7, 11) is 0. The van der Waals surface area contributed by atoms with E-state index in [2.05, 4.69) is 4.98 Å². The maximum atomic E-state index is 10.6. The molecule has 0 amide bonds. The standard InChI is InChI=1S/C9H7NO3S/c1-5-6(2-3-13-5)8-10-7(4-14-8)9(11)12/h2-4H,1H3,(H,11,12). The van der Waals surface area contributed by atoms with Crippen LogP contribution in [0.4, 0.5) is 0 Å². The zero-order valence-corrected chi connectivity index (χ0v) is 8.17. The van der Waals surface area contributed by atoms with Gasteiger partial charge in [-0.2, -0.15) is 0 Å². The molecule has 2 aromatic rings. The molecule has 0 aliphatic heterocycles. The second-order valence-electron chi connectivity index (χ2n) is 2.73. The Bertz CT molecular complexity index is 472. The first-order valence-electron chi connectivity index (χ1n) is 3.92. The lowest BCUT2D eigenvalue weighted by Crippen LogP contribution is -1.95. The summed E-state index contributed by atoms with van der Waals surface area (Å²) in [5.74, 6) is -0.259. The molecule has 14 heavy (non-hydrogen) atoms. The number of nitrogens with zero attached hydrogens (tertiary/aromatic N) is 1. The minimum Gasteiger partial charge on any atom is -0.476 e. The fraction of sp³-hybridized carbons (Fsp3) is 0.111. The summed E-state index contributed by atoms with van der Waals surface area (Å²) >= 11 is 1.30. The molecule has 0 saturated carbocycles. The van der Waals surface area contributed by atoms with Crippen LogP contribution >= 0.6 is 11.3 Å². The van der Waals surface area contributed by atoms with Crippen molar-refractivity contribution in [1.82, 2.24) is 4.98 Å². The van der Waals surface area contributed by atoms with Crippen molar-refractivity contribution in [1.29, 1.82) is 0 Å². The minimum absolute atomic E-state index is 0.0746. The fourth-order valence-corrected chi connectivity index (χ4v) is 1.97. The van der Waals surface area contributed by atoms with Gasteiger partial charge in [0.05, 0.1) is 11.8 Å². The maximum Gasteiger partial charge on any atom is 0.355 e. The van der Waals surface area contributed by atoms with Crippen molar-refractivity contribution in [3.05, 3.63) is 29.2 Å². The minimum atomic E-state index is -1.01. The third-order valence-electron chi connectivity index (χ3n) is 1.81. The van der Waals surface area contributed by atoms with Gasteiger partial charge in [-0.25, -0.2) is 9.78 Å². The number of hydrogen-bond donors (Lipinski definition) is 1. The molecule has 0 unspecified atom stereocenters. The number of aryl methyl sites for hydroxylation is 1.